The van der Waals surface area contributed by atoms with Crippen LogP contribution in [0.2, 0.25) is 0 Å². The molecule has 16 heavy (non-hydrogen) atoms. The van der Waals surface area contributed by atoms with Gasteiger partial charge in [0.05, 0.1) is 0 Å². The van der Waals surface area contributed by atoms with E-state index in [1.165, 1.54) is 0 Å². The molecule has 2 aromatic heterocycles. The molecule has 0 N–H and O–H groups in total. The molecule has 2 rings (SSSR count). The second kappa shape index (κ2) is 4.26. The quantitative estimate of drug-likeness (QED) is 0.734. The molecule has 0 radical (unpaired) electrons. The number of imidazole rings is 1. The van der Waals surface area contributed by atoms with Gasteiger partial charge in [0.25, 0.3) is 0 Å². The lowest BCUT2D eigenvalue weighted by atomic mass is 10.1. The number of carbonyl (C=O) groups excluding carboxylic acids is 1. The Morgan fingerprint density at radius 2 is 2.19 bits per heavy atom. The van der Waals surface area contributed by atoms with Gasteiger partial charge < -0.3 is 4.57 Å². The molecule has 0 aliphatic carbocycles. The van der Waals surface area contributed by atoms with Crippen LogP contribution >= 0.6 is 0 Å². The zero-order valence-corrected chi connectivity index (χ0v) is 9.34. The first-order chi connectivity index (χ1) is 7.74. The second-order valence-corrected chi connectivity index (χ2v) is 3.50. The third-order valence-electron chi connectivity index (χ3n) is 2.51. The lowest BCUT2D eigenvalue weighted by molar-refractivity contribution is 0.102. The molecule has 2 aromatic rings. The van der Waals surface area contributed by atoms with Crippen LogP contribution in [-0.4, -0.2) is 20.3 Å². The largest absolute Gasteiger partial charge is 0.328 e. The molecule has 0 spiro atoms. The lowest BCUT2D eigenvalue weighted by Crippen LogP contribution is -2.12. The molecule has 0 aromatic carbocycles. The van der Waals surface area contributed by atoms with Gasteiger partial charge in [0, 0.05) is 36.4 Å². The van der Waals surface area contributed by atoms with Crippen LogP contribution in [0, 0.1) is 6.92 Å². The van der Waals surface area contributed by atoms with Crippen molar-refractivity contribution in [2.45, 2.75) is 20.4 Å². The van der Waals surface area contributed by atoms with E-state index in [-0.39, 0.29) is 5.78 Å². The summed E-state index contributed by atoms with van der Waals surface area (Å²) in [5, 5.41) is 0. The molecule has 82 valence electrons. The van der Waals surface area contributed by atoms with E-state index in [9.17, 15) is 4.79 Å². The van der Waals surface area contributed by atoms with Crippen LogP contribution in [0.4, 0.5) is 0 Å². The Bertz CT molecular complexity index is 516. The summed E-state index contributed by atoms with van der Waals surface area (Å²) in [4.78, 5) is 20.4. The van der Waals surface area contributed by atoms with E-state index in [0.717, 1.165) is 12.2 Å². The highest BCUT2D eigenvalue weighted by Gasteiger charge is 2.16. The molecule has 0 saturated carbocycles. The van der Waals surface area contributed by atoms with Gasteiger partial charge in [-0.25, -0.2) is 4.98 Å². The molecule has 0 bridgehead atoms. The monoisotopic (exact) mass is 215 g/mol. The highest BCUT2D eigenvalue weighted by atomic mass is 16.1. The van der Waals surface area contributed by atoms with Crippen molar-refractivity contribution in [3.8, 4) is 0 Å². The summed E-state index contributed by atoms with van der Waals surface area (Å²) in [5.74, 6) is 0.399. The molecule has 0 atom stereocenters. The van der Waals surface area contributed by atoms with Gasteiger partial charge >= 0.3 is 0 Å². The minimum absolute atomic E-state index is 0.0718. The van der Waals surface area contributed by atoms with Crippen molar-refractivity contribution in [1.29, 1.82) is 0 Å². The number of ketones is 1. The van der Waals surface area contributed by atoms with Gasteiger partial charge in [-0.3, -0.25) is 9.78 Å². The first-order valence-electron chi connectivity index (χ1n) is 5.21. The fourth-order valence-corrected chi connectivity index (χ4v) is 1.62. The van der Waals surface area contributed by atoms with Gasteiger partial charge in [-0.15, -0.1) is 0 Å². The lowest BCUT2D eigenvalue weighted by Gasteiger charge is -2.05. The predicted octanol–water partition coefficient (Wildman–Crippen LogP) is 1.84. The van der Waals surface area contributed by atoms with Crippen LogP contribution in [0.1, 0.15) is 28.8 Å². The molecule has 0 aliphatic heterocycles. The van der Waals surface area contributed by atoms with Crippen molar-refractivity contribution in [1.82, 2.24) is 14.5 Å². The van der Waals surface area contributed by atoms with E-state index in [1.807, 2.05) is 18.4 Å². The van der Waals surface area contributed by atoms with Crippen molar-refractivity contribution in [3.63, 3.8) is 0 Å². The Morgan fingerprint density at radius 3 is 2.88 bits per heavy atom. The molecule has 4 nitrogen and oxygen atoms in total. The molecule has 4 heteroatoms. The molecule has 2 heterocycles. The smallest absolute Gasteiger partial charge is 0.230 e. The Balaban J connectivity index is 2.44. The Morgan fingerprint density at radius 1 is 1.38 bits per heavy atom. The van der Waals surface area contributed by atoms with E-state index >= 15 is 0 Å². The van der Waals surface area contributed by atoms with Crippen LogP contribution in [-0.2, 0) is 6.54 Å². The topological polar surface area (TPSA) is 47.8 Å². The minimum atomic E-state index is -0.0718. The first-order valence-corrected chi connectivity index (χ1v) is 5.21. The van der Waals surface area contributed by atoms with E-state index in [0.29, 0.717) is 11.4 Å². The standard InChI is InChI=1S/C12H13N3O/c1-3-15-8-7-14-12(15)11(16)10-5-4-6-13-9(10)2/h4-8H,3H2,1-2H3. The fourth-order valence-electron chi connectivity index (χ4n) is 1.62. The SMILES string of the molecule is CCn1ccnc1C(=O)c1cccnc1C. The number of aromatic nitrogens is 3. The van der Waals surface area contributed by atoms with Gasteiger partial charge in [-0.05, 0) is 26.0 Å². The average Bonchev–Trinajstić information content (AvgIpc) is 2.77. The minimum Gasteiger partial charge on any atom is -0.328 e. The Hall–Kier alpha value is -1.97. The summed E-state index contributed by atoms with van der Waals surface area (Å²) >= 11 is 0. The van der Waals surface area contributed by atoms with Gasteiger partial charge in [0.15, 0.2) is 5.82 Å². The first kappa shape index (κ1) is 10.5. The van der Waals surface area contributed by atoms with Crippen LogP contribution in [0.3, 0.4) is 0 Å². The van der Waals surface area contributed by atoms with Crippen LogP contribution in [0.5, 0.6) is 0 Å². The normalized spacial score (nSPS) is 10.4. The van der Waals surface area contributed by atoms with E-state index in [1.54, 1.807) is 30.7 Å². The van der Waals surface area contributed by atoms with Crippen molar-refractivity contribution < 1.29 is 4.79 Å². The summed E-state index contributed by atoms with van der Waals surface area (Å²) in [6, 6.07) is 3.54. The summed E-state index contributed by atoms with van der Waals surface area (Å²) < 4.78 is 1.83. The summed E-state index contributed by atoms with van der Waals surface area (Å²) in [6.45, 7) is 4.54. The maximum atomic E-state index is 12.2. The highest BCUT2D eigenvalue weighted by Crippen LogP contribution is 2.10. The number of nitrogens with zero attached hydrogens (tertiary/aromatic N) is 3. The van der Waals surface area contributed by atoms with Crippen LogP contribution < -0.4 is 0 Å². The summed E-state index contributed by atoms with van der Waals surface area (Å²) in [5.41, 5.74) is 1.35. The third-order valence-corrected chi connectivity index (χ3v) is 2.51. The molecular weight excluding hydrogens is 202 g/mol. The van der Waals surface area contributed by atoms with Crippen molar-refractivity contribution in [2.75, 3.05) is 0 Å². The Labute approximate surface area is 94.0 Å². The van der Waals surface area contributed by atoms with Crippen LogP contribution in [0.15, 0.2) is 30.7 Å². The maximum Gasteiger partial charge on any atom is 0.230 e. The summed E-state index contributed by atoms with van der Waals surface area (Å²) in [6.07, 6.45) is 5.12. The number of hydrogen-bond donors (Lipinski definition) is 0. The third kappa shape index (κ3) is 1.74. The number of rotatable bonds is 3. The van der Waals surface area contributed by atoms with E-state index < -0.39 is 0 Å². The maximum absolute atomic E-state index is 12.2. The zero-order chi connectivity index (χ0) is 11.5. The van der Waals surface area contributed by atoms with Crippen molar-refractivity contribution in [2.24, 2.45) is 0 Å². The number of hydrogen-bond acceptors (Lipinski definition) is 3. The van der Waals surface area contributed by atoms with E-state index in [4.69, 9.17) is 0 Å². The zero-order valence-electron chi connectivity index (χ0n) is 9.34. The Kier molecular flexibility index (Phi) is 2.81. The van der Waals surface area contributed by atoms with Gasteiger partial charge in [0.1, 0.15) is 0 Å². The molecule has 0 fully saturated rings. The number of aryl methyl sites for hydroxylation is 2. The second-order valence-electron chi connectivity index (χ2n) is 3.50. The highest BCUT2D eigenvalue weighted by molar-refractivity contribution is 6.07. The molecule has 0 saturated heterocycles. The predicted molar refractivity (Wildman–Crippen MR) is 60.3 cm³/mol. The van der Waals surface area contributed by atoms with Crippen molar-refractivity contribution >= 4 is 5.78 Å². The van der Waals surface area contributed by atoms with E-state index in [2.05, 4.69) is 9.97 Å². The van der Waals surface area contributed by atoms with Crippen molar-refractivity contribution in [3.05, 3.63) is 47.8 Å². The number of pyridine rings is 1. The van der Waals surface area contributed by atoms with Crippen LogP contribution in [0.25, 0.3) is 0 Å². The molecule has 0 aliphatic rings. The number of carbonyl (C=O) groups is 1. The van der Waals surface area contributed by atoms with Gasteiger partial charge in [-0.2, -0.15) is 0 Å². The molecule has 0 amide bonds. The fraction of sp³-hybridized carbons (Fsp3) is 0.250. The molecule has 0 unspecified atom stereocenters. The molecular formula is C12H13N3O. The van der Waals surface area contributed by atoms with Gasteiger partial charge in [0.2, 0.25) is 5.78 Å². The summed E-state index contributed by atoms with van der Waals surface area (Å²) in [7, 11) is 0. The average molecular weight is 215 g/mol. The van der Waals surface area contributed by atoms with Gasteiger partial charge in [-0.1, -0.05) is 0 Å².